The van der Waals surface area contributed by atoms with Gasteiger partial charge in [-0.2, -0.15) is 0 Å². The van der Waals surface area contributed by atoms with E-state index >= 15 is 0 Å². The van der Waals surface area contributed by atoms with Crippen molar-refractivity contribution in [3.8, 4) is 5.75 Å². The molecule has 1 aromatic rings. The van der Waals surface area contributed by atoms with Crippen molar-refractivity contribution in [2.75, 3.05) is 25.1 Å². The van der Waals surface area contributed by atoms with Crippen LogP contribution in [0.2, 0.25) is 0 Å². The predicted molar refractivity (Wildman–Crippen MR) is 74.4 cm³/mol. The highest BCUT2D eigenvalue weighted by Crippen LogP contribution is 2.27. The molecule has 0 spiro atoms. The van der Waals surface area contributed by atoms with Crippen molar-refractivity contribution in [1.82, 2.24) is 0 Å². The molecule has 0 aromatic heterocycles. The first-order valence-corrected chi connectivity index (χ1v) is 6.91. The molecule has 104 valence electrons. The van der Waals surface area contributed by atoms with Gasteiger partial charge in [0.25, 0.3) is 0 Å². The van der Waals surface area contributed by atoms with E-state index in [1.807, 2.05) is 31.2 Å². The summed E-state index contributed by atoms with van der Waals surface area (Å²) in [6, 6.07) is 7.46. The zero-order chi connectivity index (χ0) is 13.5. The summed E-state index contributed by atoms with van der Waals surface area (Å²) in [6.45, 7) is 3.80. The number of nitrogens with one attached hydrogen (secondary N) is 1. The number of benzene rings is 1. The van der Waals surface area contributed by atoms with E-state index in [1.165, 1.54) is 6.42 Å². The third-order valence-corrected chi connectivity index (χ3v) is 3.30. The van der Waals surface area contributed by atoms with Gasteiger partial charge in [-0.25, -0.2) is 0 Å². The Kier molecular flexibility index (Phi) is 5.21. The molecule has 0 heterocycles. The summed E-state index contributed by atoms with van der Waals surface area (Å²) in [6.07, 6.45) is 3.21. The van der Waals surface area contributed by atoms with Gasteiger partial charge in [-0.3, -0.25) is 4.79 Å². The zero-order valence-electron chi connectivity index (χ0n) is 11.4. The molecule has 0 radical (unpaired) electrons. The fourth-order valence-corrected chi connectivity index (χ4v) is 1.91. The van der Waals surface area contributed by atoms with Gasteiger partial charge in [-0.1, -0.05) is 6.42 Å². The molecule has 0 bridgehead atoms. The highest BCUT2D eigenvalue weighted by atomic mass is 16.5. The molecule has 1 aliphatic carbocycles. The minimum absolute atomic E-state index is 0.135. The molecular weight excluding hydrogens is 242 g/mol. The van der Waals surface area contributed by atoms with Crippen molar-refractivity contribution < 1.29 is 14.3 Å². The lowest BCUT2D eigenvalue weighted by atomic mass is 9.85. The van der Waals surface area contributed by atoms with Crippen LogP contribution in [-0.2, 0) is 9.53 Å². The van der Waals surface area contributed by atoms with Crippen LogP contribution >= 0.6 is 0 Å². The summed E-state index contributed by atoms with van der Waals surface area (Å²) in [5.74, 6) is 1.14. The second-order valence-electron chi connectivity index (χ2n) is 4.69. The van der Waals surface area contributed by atoms with Crippen LogP contribution in [0.15, 0.2) is 24.3 Å². The molecular formula is C15H21NO3. The molecule has 1 N–H and O–H groups in total. The van der Waals surface area contributed by atoms with Crippen LogP contribution in [0.3, 0.4) is 0 Å². The first-order valence-electron chi connectivity index (χ1n) is 6.91. The Labute approximate surface area is 114 Å². The standard InChI is InChI=1S/C15H21NO3/c1-2-18-10-11-19-14-8-6-13(7-9-14)16-15(17)12-4-3-5-12/h6-9,12H,2-5,10-11H2,1H3,(H,16,17). The fourth-order valence-electron chi connectivity index (χ4n) is 1.91. The Morgan fingerprint density at radius 2 is 2.00 bits per heavy atom. The summed E-state index contributed by atoms with van der Waals surface area (Å²) >= 11 is 0. The van der Waals surface area contributed by atoms with Gasteiger partial charge in [0.2, 0.25) is 5.91 Å². The van der Waals surface area contributed by atoms with E-state index in [0.29, 0.717) is 19.8 Å². The Morgan fingerprint density at radius 3 is 2.58 bits per heavy atom. The number of amides is 1. The maximum absolute atomic E-state index is 11.8. The Hall–Kier alpha value is -1.55. The van der Waals surface area contributed by atoms with Gasteiger partial charge in [0.1, 0.15) is 12.4 Å². The van der Waals surface area contributed by atoms with Crippen molar-refractivity contribution in [3.63, 3.8) is 0 Å². The van der Waals surface area contributed by atoms with E-state index in [2.05, 4.69) is 5.32 Å². The van der Waals surface area contributed by atoms with E-state index < -0.39 is 0 Å². The molecule has 1 aliphatic rings. The van der Waals surface area contributed by atoms with Gasteiger partial charge in [-0.15, -0.1) is 0 Å². The van der Waals surface area contributed by atoms with Crippen LogP contribution < -0.4 is 10.1 Å². The lowest BCUT2D eigenvalue weighted by molar-refractivity contribution is -0.122. The molecule has 0 atom stereocenters. The quantitative estimate of drug-likeness (QED) is 0.769. The molecule has 4 nitrogen and oxygen atoms in total. The van der Waals surface area contributed by atoms with Crippen LogP contribution in [0, 0.1) is 5.92 Å². The summed E-state index contributed by atoms with van der Waals surface area (Å²) in [5, 5.41) is 2.93. The average molecular weight is 263 g/mol. The third kappa shape index (κ3) is 4.24. The lowest BCUT2D eigenvalue weighted by Gasteiger charge is -2.24. The van der Waals surface area contributed by atoms with E-state index in [4.69, 9.17) is 9.47 Å². The van der Waals surface area contributed by atoms with Crippen LogP contribution in [0.25, 0.3) is 0 Å². The molecule has 0 aliphatic heterocycles. The summed E-state index contributed by atoms with van der Waals surface area (Å²) in [7, 11) is 0. The number of ether oxygens (including phenoxy) is 2. The van der Waals surface area contributed by atoms with E-state index in [0.717, 1.165) is 24.3 Å². The van der Waals surface area contributed by atoms with Gasteiger partial charge >= 0.3 is 0 Å². The second-order valence-corrected chi connectivity index (χ2v) is 4.69. The van der Waals surface area contributed by atoms with Crippen molar-refractivity contribution >= 4 is 11.6 Å². The van der Waals surface area contributed by atoms with Crippen LogP contribution in [0.1, 0.15) is 26.2 Å². The van der Waals surface area contributed by atoms with E-state index in [1.54, 1.807) is 0 Å². The van der Waals surface area contributed by atoms with Crippen molar-refractivity contribution in [1.29, 1.82) is 0 Å². The fraction of sp³-hybridized carbons (Fsp3) is 0.533. The maximum Gasteiger partial charge on any atom is 0.227 e. The number of anilines is 1. The minimum atomic E-state index is 0.135. The van der Waals surface area contributed by atoms with Crippen LogP contribution in [0.4, 0.5) is 5.69 Å². The maximum atomic E-state index is 11.8. The molecule has 1 aromatic carbocycles. The highest BCUT2D eigenvalue weighted by Gasteiger charge is 2.24. The molecule has 4 heteroatoms. The summed E-state index contributed by atoms with van der Waals surface area (Å²) < 4.78 is 10.7. The Morgan fingerprint density at radius 1 is 1.26 bits per heavy atom. The summed E-state index contributed by atoms with van der Waals surface area (Å²) in [4.78, 5) is 11.8. The van der Waals surface area contributed by atoms with E-state index in [9.17, 15) is 4.79 Å². The van der Waals surface area contributed by atoms with E-state index in [-0.39, 0.29) is 11.8 Å². The number of carbonyl (C=O) groups excluding carboxylic acids is 1. The predicted octanol–water partition coefficient (Wildman–Crippen LogP) is 2.84. The minimum Gasteiger partial charge on any atom is -0.491 e. The molecule has 1 saturated carbocycles. The first kappa shape index (κ1) is 13.9. The van der Waals surface area contributed by atoms with Crippen LogP contribution in [0.5, 0.6) is 5.75 Å². The molecule has 0 unspecified atom stereocenters. The SMILES string of the molecule is CCOCCOc1ccc(NC(=O)C2CCC2)cc1. The summed E-state index contributed by atoms with van der Waals surface area (Å²) in [5.41, 5.74) is 0.828. The number of hydrogen-bond acceptors (Lipinski definition) is 3. The Bertz CT molecular complexity index is 398. The number of rotatable bonds is 7. The van der Waals surface area contributed by atoms with Crippen molar-refractivity contribution in [3.05, 3.63) is 24.3 Å². The lowest BCUT2D eigenvalue weighted by Crippen LogP contribution is -2.27. The monoisotopic (exact) mass is 263 g/mol. The van der Waals surface area contributed by atoms with Crippen LogP contribution in [-0.4, -0.2) is 25.7 Å². The van der Waals surface area contributed by atoms with Gasteiger partial charge in [0, 0.05) is 18.2 Å². The van der Waals surface area contributed by atoms with Gasteiger partial charge < -0.3 is 14.8 Å². The molecule has 2 rings (SSSR count). The molecule has 1 fully saturated rings. The molecule has 0 saturated heterocycles. The van der Waals surface area contributed by atoms with Gasteiger partial charge in [0.15, 0.2) is 0 Å². The highest BCUT2D eigenvalue weighted by molar-refractivity contribution is 5.93. The number of carbonyl (C=O) groups is 1. The smallest absolute Gasteiger partial charge is 0.227 e. The number of hydrogen-bond donors (Lipinski definition) is 1. The van der Waals surface area contributed by atoms with Gasteiger partial charge in [0.05, 0.1) is 6.61 Å². The third-order valence-electron chi connectivity index (χ3n) is 3.30. The largest absolute Gasteiger partial charge is 0.491 e. The van der Waals surface area contributed by atoms with Crippen molar-refractivity contribution in [2.45, 2.75) is 26.2 Å². The molecule has 19 heavy (non-hydrogen) atoms. The Balaban J connectivity index is 1.75. The topological polar surface area (TPSA) is 47.6 Å². The van der Waals surface area contributed by atoms with Crippen molar-refractivity contribution in [2.24, 2.45) is 5.92 Å². The normalized spacial score (nSPS) is 14.8. The molecule has 1 amide bonds. The first-order chi connectivity index (χ1) is 9.29. The second kappa shape index (κ2) is 7.14. The zero-order valence-corrected chi connectivity index (χ0v) is 11.4. The van der Waals surface area contributed by atoms with Gasteiger partial charge in [-0.05, 0) is 44.0 Å². The average Bonchev–Trinajstić information content (AvgIpc) is 2.34.